The van der Waals surface area contributed by atoms with Crippen LogP contribution in [0.15, 0.2) is 18.5 Å². The van der Waals surface area contributed by atoms with E-state index in [1.165, 1.54) is 11.3 Å². The molecule has 0 fully saturated rings. The van der Waals surface area contributed by atoms with Gasteiger partial charge in [0.25, 0.3) is 0 Å². The maximum atomic E-state index is 11.3. The molecule has 0 saturated heterocycles. The molecule has 0 aromatic carbocycles. The molecule has 0 aliphatic rings. The summed E-state index contributed by atoms with van der Waals surface area (Å²) in [5.74, 6) is -0.890. The molecule has 0 saturated carbocycles. The van der Waals surface area contributed by atoms with Crippen molar-refractivity contribution in [2.75, 3.05) is 0 Å². The van der Waals surface area contributed by atoms with Gasteiger partial charge in [0.05, 0.1) is 5.69 Å². The van der Waals surface area contributed by atoms with E-state index in [1.54, 1.807) is 6.20 Å². The average Bonchev–Trinajstić information content (AvgIpc) is 2.83. The number of hydrogen-bond acceptors (Lipinski definition) is 4. The second-order valence-electron chi connectivity index (χ2n) is 4.24. The van der Waals surface area contributed by atoms with Gasteiger partial charge in [-0.3, -0.25) is 4.98 Å². The van der Waals surface area contributed by atoms with Gasteiger partial charge >= 0.3 is 5.97 Å². The fraction of sp³-hybridized carbons (Fsp3) is 0.357. The van der Waals surface area contributed by atoms with Gasteiger partial charge in [0.15, 0.2) is 0 Å². The van der Waals surface area contributed by atoms with Gasteiger partial charge in [0.2, 0.25) is 0 Å². The molecule has 0 spiro atoms. The molecule has 2 heterocycles. The number of pyridine rings is 1. The van der Waals surface area contributed by atoms with Gasteiger partial charge in [0.1, 0.15) is 9.88 Å². The lowest BCUT2D eigenvalue weighted by atomic mass is 10.1. The van der Waals surface area contributed by atoms with Crippen molar-refractivity contribution in [3.63, 3.8) is 0 Å². The van der Waals surface area contributed by atoms with E-state index in [0.29, 0.717) is 17.0 Å². The topological polar surface area (TPSA) is 63.1 Å². The fourth-order valence-corrected chi connectivity index (χ4v) is 2.97. The number of carboxylic acids is 1. The number of carbonyl (C=O) groups is 1. The van der Waals surface area contributed by atoms with E-state index in [-0.39, 0.29) is 0 Å². The van der Waals surface area contributed by atoms with Crippen LogP contribution < -0.4 is 0 Å². The first kappa shape index (κ1) is 13.7. The van der Waals surface area contributed by atoms with Gasteiger partial charge in [0, 0.05) is 18.0 Å². The van der Waals surface area contributed by atoms with Gasteiger partial charge in [-0.1, -0.05) is 20.3 Å². The van der Waals surface area contributed by atoms with Gasteiger partial charge in [-0.15, -0.1) is 11.3 Å². The molecule has 0 aliphatic heterocycles. The Morgan fingerprint density at radius 2 is 2.21 bits per heavy atom. The van der Waals surface area contributed by atoms with Crippen LogP contribution in [-0.2, 0) is 12.8 Å². The second kappa shape index (κ2) is 5.93. The van der Waals surface area contributed by atoms with Crippen LogP contribution in [0.25, 0.3) is 10.6 Å². The maximum Gasteiger partial charge on any atom is 0.347 e. The van der Waals surface area contributed by atoms with Crippen molar-refractivity contribution in [3.8, 4) is 10.6 Å². The lowest BCUT2D eigenvalue weighted by Gasteiger charge is -2.02. The molecule has 2 aromatic rings. The molecule has 0 radical (unpaired) electrons. The number of aryl methyl sites for hydroxylation is 2. The van der Waals surface area contributed by atoms with E-state index >= 15 is 0 Å². The first-order valence-corrected chi connectivity index (χ1v) is 7.15. The van der Waals surface area contributed by atoms with E-state index in [1.807, 2.05) is 19.2 Å². The standard InChI is InChI=1S/C14H16N2O2S/c1-3-5-11-12(14(17)18)19-13(16-11)10-6-7-15-8-9(10)4-2/h6-8H,3-5H2,1-2H3,(H,17,18). The van der Waals surface area contributed by atoms with Crippen LogP contribution in [0.5, 0.6) is 0 Å². The molecule has 1 N–H and O–H groups in total. The molecule has 0 bridgehead atoms. The monoisotopic (exact) mass is 276 g/mol. The Labute approximate surface area is 116 Å². The summed E-state index contributed by atoms with van der Waals surface area (Å²) in [6.07, 6.45) is 5.98. The van der Waals surface area contributed by atoms with Crippen molar-refractivity contribution < 1.29 is 9.90 Å². The zero-order valence-corrected chi connectivity index (χ0v) is 11.8. The number of aromatic carboxylic acids is 1. The fourth-order valence-electron chi connectivity index (χ4n) is 1.96. The average molecular weight is 276 g/mol. The van der Waals surface area contributed by atoms with Crippen molar-refractivity contribution in [1.82, 2.24) is 9.97 Å². The second-order valence-corrected chi connectivity index (χ2v) is 5.24. The Morgan fingerprint density at radius 1 is 1.42 bits per heavy atom. The predicted octanol–water partition coefficient (Wildman–Crippen LogP) is 3.42. The highest BCUT2D eigenvalue weighted by Gasteiger charge is 2.18. The first-order valence-electron chi connectivity index (χ1n) is 6.33. The van der Waals surface area contributed by atoms with Crippen LogP contribution in [0.2, 0.25) is 0 Å². The summed E-state index contributed by atoms with van der Waals surface area (Å²) in [7, 11) is 0. The largest absolute Gasteiger partial charge is 0.477 e. The van der Waals surface area contributed by atoms with Crippen molar-refractivity contribution >= 4 is 17.3 Å². The Balaban J connectivity index is 2.51. The molecular formula is C14H16N2O2S. The summed E-state index contributed by atoms with van der Waals surface area (Å²) in [4.78, 5) is 20.2. The molecule has 0 aliphatic carbocycles. The van der Waals surface area contributed by atoms with Crippen LogP contribution in [0, 0.1) is 0 Å². The van der Waals surface area contributed by atoms with Crippen LogP contribution in [-0.4, -0.2) is 21.0 Å². The van der Waals surface area contributed by atoms with Crippen molar-refractivity contribution in [1.29, 1.82) is 0 Å². The molecule has 5 heteroatoms. The Bertz CT molecular complexity index is 593. The van der Waals surface area contributed by atoms with Crippen LogP contribution >= 0.6 is 11.3 Å². The normalized spacial score (nSPS) is 10.6. The van der Waals surface area contributed by atoms with Gasteiger partial charge in [-0.25, -0.2) is 9.78 Å². The predicted molar refractivity (Wildman–Crippen MR) is 75.7 cm³/mol. The van der Waals surface area contributed by atoms with Crippen LogP contribution in [0.3, 0.4) is 0 Å². The molecule has 2 rings (SSSR count). The number of hydrogen-bond donors (Lipinski definition) is 1. The Morgan fingerprint density at radius 3 is 2.84 bits per heavy atom. The zero-order valence-electron chi connectivity index (χ0n) is 11.0. The third-order valence-electron chi connectivity index (χ3n) is 2.89. The quantitative estimate of drug-likeness (QED) is 0.909. The molecule has 2 aromatic heterocycles. The third-order valence-corrected chi connectivity index (χ3v) is 4.01. The molecule has 4 nitrogen and oxygen atoms in total. The van der Waals surface area contributed by atoms with Crippen molar-refractivity contribution in [2.45, 2.75) is 33.1 Å². The number of thiazole rings is 1. The summed E-state index contributed by atoms with van der Waals surface area (Å²) in [5, 5.41) is 10.0. The summed E-state index contributed by atoms with van der Waals surface area (Å²) in [5.41, 5.74) is 2.78. The van der Waals surface area contributed by atoms with Crippen molar-refractivity contribution in [2.24, 2.45) is 0 Å². The molecular weight excluding hydrogens is 260 g/mol. The first-order chi connectivity index (χ1) is 9.17. The highest BCUT2D eigenvalue weighted by molar-refractivity contribution is 7.17. The molecule has 19 heavy (non-hydrogen) atoms. The van der Waals surface area contributed by atoms with Crippen LogP contribution in [0.4, 0.5) is 0 Å². The van der Waals surface area contributed by atoms with E-state index < -0.39 is 5.97 Å². The summed E-state index contributed by atoms with van der Waals surface area (Å²) in [6, 6.07) is 1.90. The van der Waals surface area contributed by atoms with Gasteiger partial charge < -0.3 is 5.11 Å². The number of aromatic nitrogens is 2. The number of carboxylic acid groups (broad SMARTS) is 1. The third kappa shape index (κ3) is 2.81. The minimum atomic E-state index is -0.890. The molecule has 0 atom stereocenters. The minimum Gasteiger partial charge on any atom is -0.477 e. The lowest BCUT2D eigenvalue weighted by molar-refractivity contribution is 0.0700. The molecule has 0 amide bonds. The summed E-state index contributed by atoms with van der Waals surface area (Å²) >= 11 is 1.25. The van der Waals surface area contributed by atoms with Crippen molar-refractivity contribution in [3.05, 3.63) is 34.6 Å². The van der Waals surface area contributed by atoms with Gasteiger partial charge in [-0.2, -0.15) is 0 Å². The highest BCUT2D eigenvalue weighted by atomic mass is 32.1. The van der Waals surface area contributed by atoms with E-state index in [2.05, 4.69) is 16.9 Å². The SMILES string of the molecule is CCCc1nc(-c2ccncc2CC)sc1C(=O)O. The zero-order chi connectivity index (χ0) is 13.8. The Hall–Kier alpha value is -1.75. The highest BCUT2D eigenvalue weighted by Crippen LogP contribution is 2.31. The van der Waals surface area contributed by atoms with E-state index in [0.717, 1.165) is 29.0 Å². The Kier molecular flexibility index (Phi) is 4.27. The number of rotatable bonds is 5. The maximum absolute atomic E-state index is 11.3. The summed E-state index contributed by atoms with van der Waals surface area (Å²) in [6.45, 7) is 4.08. The lowest BCUT2D eigenvalue weighted by Crippen LogP contribution is -1.98. The molecule has 0 unspecified atom stereocenters. The summed E-state index contributed by atoms with van der Waals surface area (Å²) < 4.78 is 0. The van der Waals surface area contributed by atoms with Gasteiger partial charge in [-0.05, 0) is 24.5 Å². The smallest absolute Gasteiger partial charge is 0.347 e. The number of nitrogens with zero attached hydrogens (tertiary/aromatic N) is 2. The van der Waals surface area contributed by atoms with E-state index in [4.69, 9.17) is 0 Å². The van der Waals surface area contributed by atoms with E-state index in [9.17, 15) is 9.90 Å². The molecule has 100 valence electrons. The minimum absolute atomic E-state index is 0.357. The van der Waals surface area contributed by atoms with Crippen LogP contribution in [0.1, 0.15) is 41.2 Å².